The van der Waals surface area contributed by atoms with Crippen molar-refractivity contribution in [2.24, 2.45) is 4.99 Å². The summed E-state index contributed by atoms with van der Waals surface area (Å²) in [5.41, 5.74) is 6.96. The van der Waals surface area contributed by atoms with E-state index in [0.717, 1.165) is 42.1 Å². The second kappa shape index (κ2) is 5.79. The third kappa shape index (κ3) is 2.56. The van der Waals surface area contributed by atoms with Crippen molar-refractivity contribution in [3.63, 3.8) is 0 Å². The Kier molecular flexibility index (Phi) is 3.84. The highest BCUT2D eigenvalue weighted by molar-refractivity contribution is 6.07. The number of nitrogens with zero attached hydrogens (tertiary/aromatic N) is 3. The lowest BCUT2D eigenvalue weighted by atomic mass is 9.96. The van der Waals surface area contributed by atoms with E-state index in [0.29, 0.717) is 0 Å². The molecule has 1 N–H and O–H groups in total. The molecule has 1 aromatic carbocycles. The number of benzene rings is 1. The molecule has 4 nitrogen and oxygen atoms in total. The highest BCUT2D eigenvalue weighted by Gasteiger charge is 2.20. The van der Waals surface area contributed by atoms with Crippen molar-refractivity contribution in [3.8, 4) is 0 Å². The first kappa shape index (κ1) is 14.6. The largest absolute Gasteiger partial charge is 0.372 e. The molecule has 22 heavy (non-hydrogen) atoms. The lowest BCUT2D eigenvalue weighted by Crippen LogP contribution is -2.33. The number of aliphatic imine (C=N–C) groups is 1. The fraction of sp³-hybridized carbons (Fsp3) is 0.333. The molecule has 1 saturated heterocycles. The summed E-state index contributed by atoms with van der Waals surface area (Å²) in [6.45, 7) is 9.89. The SMILES string of the molecule is C=CN1CC/C(=C(/C)c2nc3ccc(C)cc3[nH]2)C(=NC)C1. The number of hydrogen-bond acceptors (Lipinski definition) is 3. The van der Waals surface area contributed by atoms with Crippen LogP contribution in [0, 0.1) is 6.92 Å². The van der Waals surface area contributed by atoms with Crippen molar-refractivity contribution in [3.05, 3.63) is 47.9 Å². The second-order valence-electron chi connectivity index (χ2n) is 5.78. The maximum absolute atomic E-state index is 4.73. The Morgan fingerprint density at radius 3 is 3.00 bits per heavy atom. The van der Waals surface area contributed by atoms with E-state index < -0.39 is 0 Å². The van der Waals surface area contributed by atoms with Crippen molar-refractivity contribution in [2.45, 2.75) is 20.3 Å². The molecule has 1 aliphatic heterocycles. The molecule has 0 atom stereocenters. The fourth-order valence-corrected chi connectivity index (χ4v) is 2.98. The van der Waals surface area contributed by atoms with Crippen LogP contribution in [0.3, 0.4) is 0 Å². The van der Waals surface area contributed by atoms with Crippen molar-refractivity contribution < 1.29 is 0 Å². The van der Waals surface area contributed by atoms with Gasteiger partial charge in [0.05, 0.1) is 23.3 Å². The van der Waals surface area contributed by atoms with Gasteiger partial charge in [0.1, 0.15) is 5.82 Å². The highest BCUT2D eigenvalue weighted by atomic mass is 15.1. The smallest absolute Gasteiger partial charge is 0.134 e. The number of allylic oxidation sites excluding steroid dienone is 1. The summed E-state index contributed by atoms with van der Waals surface area (Å²) >= 11 is 0. The fourth-order valence-electron chi connectivity index (χ4n) is 2.98. The normalized spacial score (nSPS) is 19.8. The molecule has 2 aromatic rings. The van der Waals surface area contributed by atoms with Crippen LogP contribution in [0.2, 0.25) is 0 Å². The summed E-state index contributed by atoms with van der Waals surface area (Å²) in [5, 5.41) is 0. The van der Waals surface area contributed by atoms with Crippen molar-refractivity contribution in [2.75, 3.05) is 20.1 Å². The van der Waals surface area contributed by atoms with Crippen LogP contribution >= 0.6 is 0 Å². The van der Waals surface area contributed by atoms with Crippen LogP contribution in [0.25, 0.3) is 16.6 Å². The summed E-state index contributed by atoms with van der Waals surface area (Å²) in [5.74, 6) is 0.948. The van der Waals surface area contributed by atoms with Gasteiger partial charge >= 0.3 is 0 Å². The van der Waals surface area contributed by atoms with Gasteiger partial charge in [-0.25, -0.2) is 4.98 Å². The number of imidazole rings is 1. The third-order valence-electron chi connectivity index (χ3n) is 4.32. The minimum Gasteiger partial charge on any atom is -0.372 e. The molecule has 4 heteroatoms. The van der Waals surface area contributed by atoms with E-state index >= 15 is 0 Å². The van der Waals surface area contributed by atoms with Crippen molar-refractivity contribution >= 4 is 22.3 Å². The lowest BCUT2D eigenvalue weighted by molar-refractivity contribution is 0.418. The van der Waals surface area contributed by atoms with Gasteiger partial charge in [0.15, 0.2) is 0 Å². The van der Waals surface area contributed by atoms with Gasteiger partial charge in [0.2, 0.25) is 0 Å². The number of aryl methyl sites for hydroxylation is 1. The van der Waals surface area contributed by atoms with E-state index in [9.17, 15) is 0 Å². The predicted molar refractivity (Wildman–Crippen MR) is 93.2 cm³/mol. The van der Waals surface area contributed by atoms with Crippen LogP contribution in [-0.2, 0) is 0 Å². The molecule has 1 aromatic heterocycles. The minimum atomic E-state index is 0.825. The Bertz CT molecular complexity index is 779. The standard InChI is InChI=1S/C18H22N4/c1-5-22-9-8-14(17(11-22)19-4)13(3)18-20-15-7-6-12(2)10-16(15)21-18/h5-7,10H,1,8-9,11H2,2-4H3,(H,20,21)/b14-13+,19-17?. The molecule has 2 heterocycles. The predicted octanol–water partition coefficient (Wildman–Crippen LogP) is 3.56. The molecule has 0 amide bonds. The van der Waals surface area contributed by atoms with Crippen LogP contribution in [0.5, 0.6) is 0 Å². The number of fused-ring (bicyclic) bond motifs is 1. The minimum absolute atomic E-state index is 0.825. The molecule has 1 fully saturated rings. The van der Waals surface area contributed by atoms with Crippen molar-refractivity contribution in [1.29, 1.82) is 0 Å². The summed E-state index contributed by atoms with van der Waals surface area (Å²) in [6, 6.07) is 6.30. The molecule has 0 aliphatic carbocycles. The Labute approximate surface area is 131 Å². The first-order chi connectivity index (χ1) is 10.6. The number of H-pyrrole nitrogens is 1. The number of piperidine rings is 1. The zero-order valence-corrected chi connectivity index (χ0v) is 13.5. The summed E-state index contributed by atoms with van der Waals surface area (Å²) < 4.78 is 0. The van der Waals surface area contributed by atoms with E-state index in [4.69, 9.17) is 4.98 Å². The van der Waals surface area contributed by atoms with Crippen molar-refractivity contribution in [1.82, 2.24) is 14.9 Å². The average Bonchev–Trinajstić information content (AvgIpc) is 2.96. The van der Waals surface area contributed by atoms with E-state index in [1.165, 1.54) is 16.7 Å². The molecule has 114 valence electrons. The Balaban J connectivity index is 2.02. The van der Waals surface area contributed by atoms with Crippen LogP contribution < -0.4 is 0 Å². The van der Waals surface area contributed by atoms with Gasteiger partial charge < -0.3 is 9.88 Å². The average molecular weight is 294 g/mol. The number of aromatic nitrogens is 2. The Morgan fingerprint density at radius 1 is 1.45 bits per heavy atom. The number of rotatable bonds is 2. The summed E-state index contributed by atoms with van der Waals surface area (Å²) in [6.07, 6.45) is 2.86. The first-order valence-electron chi connectivity index (χ1n) is 7.61. The summed E-state index contributed by atoms with van der Waals surface area (Å²) in [4.78, 5) is 14.8. The lowest BCUT2D eigenvalue weighted by Gasteiger charge is -2.29. The Hall–Kier alpha value is -2.36. The molecule has 1 aliphatic rings. The van der Waals surface area contributed by atoms with Gasteiger partial charge in [-0.1, -0.05) is 12.6 Å². The first-order valence-corrected chi connectivity index (χ1v) is 7.61. The van der Waals surface area contributed by atoms with E-state index in [2.05, 4.69) is 53.5 Å². The molecule has 0 spiro atoms. The number of nitrogens with one attached hydrogen (secondary N) is 1. The third-order valence-corrected chi connectivity index (χ3v) is 4.32. The van der Waals surface area contributed by atoms with Crippen LogP contribution in [0.15, 0.2) is 41.5 Å². The van der Waals surface area contributed by atoms with E-state index in [1.807, 2.05) is 13.2 Å². The molecular formula is C18H22N4. The quantitative estimate of drug-likeness (QED) is 0.920. The highest BCUT2D eigenvalue weighted by Crippen LogP contribution is 2.25. The molecule has 0 radical (unpaired) electrons. The van der Waals surface area contributed by atoms with Gasteiger partial charge in [-0.3, -0.25) is 4.99 Å². The maximum Gasteiger partial charge on any atom is 0.134 e. The van der Waals surface area contributed by atoms with Crippen LogP contribution in [0.4, 0.5) is 0 Å². The number of likely N-dealkylation sites (tertiary alicyclic amines) is 1. The topological polar surface area (TPSA) is 44.3 Å². The summed E-state index contributed by atoms with van der Waals surface area (Å²) in [7, 11) is 1.86. The zero-order valence-electron chi connectivity index (χ0n) is 13.5. The van der Waals surface area contributed by atoms with Crippen LogP contribution in [0.1, 0.15) is 24.7 Å². The Morgan fingerprint density at radius 2 is 2.27 bits per heavy atom. The van der Waals surface area contributed by atoms with Gasteiger partial charge in [0, 0.05) is 13.6 Å². The molecule has 0 bridgehead atoms. The molecule has 3 rings (SSSR count). The maximum atomic E-state index is 4.73. The monoisotopic (exact) mass is 294 g/mol. The van der Waals surface area contributed by atoms with E-state index in [-0.39, 0.29) is 0 Å². The van der Waals surface area contributed by atoms with Gasteiger partial charge in [-0.05, 0) is 55.3 Å². The van der Waals surface area contributed by atoms with Gasteiger partial charge in [0.25, 0.3) is 0 Å². The zero-order chi connectivity index (χ0) is 15.7. The molecule has 0 saturated carbocycles. The molecular weight excluding hydrogens is 272 g/mol. The van der Waals surface area contributed by atoms with Crippen LogP contribution in [-0.4, -0.2) is 40.7 Å². The van der Waals surface area contributed by atoms with Gasteiger partial charge in [-0.15, -0.1) is 0 Å². The number of hydrogen-bond donors (Lipinski definition) is 1. The molecule has 0 unspecified atom stereocenters. The number of aromatic amines is 1. The van der Waals surface area contributed by atoms with Gasteiger partial charge in [-0.2, -0.15) is 0 Å². The second-order valence-corrected chi connectivity index (χ2v) is 5.78. The van der Waals surface area contributed by atoms with E-state index in [1.54, 1.807) is 0 Å².